The highest BCUT2D eigenvalue weighted by Gasteiger charge is 2.44. The second-order valence-electron chi connectivity index (χ2n) is 5.77. The van der Waals surface area contributed by atoms with E-state index in [-0.39, 0.29) is 12.5 Å². The first kappa shape index (κ1) is 17.4. The maximum atomic E-state index is 12.9. The molecule has 126 valence electrons. The van der Waals surface area contributed by atoms with Gasteiger partial charge in [-0.2, -0.15) is 0 Å². The Labute approximate surface area is 136 Å². The third kappa shape index (κ3) is 3.71. The number of nitrogens with zero attached hydrogens (tertiary/aromatic N) is 1. The first-order valence-electron chi connectivity index (χ1n) is 7.64. The average molecular weight is 321 g/mol. The van der Waals surface area contributed by atoms with Crippen molar-refractivity contribution in [2.45, 2.75) is 25.4 Å². The fraction of sp³-hybridized carbons (Fsp3) is 0.529. The van der Waals surface area contributed by atoms with Gasteiger partial charge in [0.25, 0.3) is 5.91 Å². The maximum Gasteiger partial charge on any atom is 0.273 e. The lowest BCUT2D eigenvalue weighted by atomic mass is 10.0. The van der Waals surface area contributed by atoms with E-state index >= 15 is 0 Å². The van der Waals surface area contributed by atoms with Crippen LogP contribution in [0.4, 0.5) is 5.69 Å². The zero-order chi connectivity index (χ0) is 16.9. The van der Waals surface area contributed by atoms with Crippen molar-refractivity contribution in [1.29, 1.82) is 0 Å². The van der Waals surface area contributed by atoms with Crippen LogP contribution in [0, 0.1) is 0 Å². The van der Waals surface area contributed by atoms with Gasteiger partial charge in [-0.15, -0.1) is 0 Å². The summed E-state index contributed by atoms with van der Waals surface area (Å²) in [6.07, 6.45) is 2.41. The predicted molar refractivity (Wildman–Crippen MR) is 86.2 cm³/mol. The molecular weight excluding hydrogens is 298 g/mol. The molecule has 6 nitrogen and oxygen atoms in total. The third-order valence-corrected chi connectivity index (χ3v) is 3.84. The van der Waals surface area contributed by atoms with Crippen LogP contribution in [0.5, 0.6) is 5.75 Å². The molecule has 1 aromatic rings. The molecule has 1 heterocycles. The minimum Gasteiger partial charge on any atom is -0.473 e. The Bertz CT molecular complexity index is 574. The van der Waals surface area contributed by atoms with Crippen molar-refractivity contribution < 1.29 is 23.8 Å². The smallest absolute Gasteiger partial charge is 0.273 e. The summed E-state index contributed by atoms with van der Waals surface area (Å²) in [4.78, 5) is 25.6. The molecule has 0 fully saturated rings. The summed E-state index contributed by atoms with van der Waals surface area (Å²) in [6, 6.07) is 5.09. The highest BCUT2D eigenvalue weighted by atomic mass is 16.5. The molecule has 1 aliphatic rings. The molecule has 0 aromatic heterocycles. The van der Waals surface area contributed by atoms with Crippen molar-refractivity contribution in [3.63, 3.8) is 0 Å². The first-order valence-corrected chi connectivity index (χ1v) is 7.64. The van der Waals surface area contributed by atoms with Gasteiger partial charge in [-0.1, -0.05) is 0 Å². The SMILES string of the molecule is COCCCCN1C(=O)C(C)(COC)Oc2ccc(C=O)cc21. The van der Waals surface area contributed by atoms with E-state index in [1.54, 1.807) is 37.1 Å². The van der Waals surface area contributed by atoms with Crippen molar-refractivity contribution in [3.05, 3.63) is 23.8 Å². The van der Waals surface area contributed by atoms with Gasteiger partial charge < -0.3 is 19.1 Å². The molecule has 0 aliphatic carbocycles. The van der Waals surface area contributed by atoms with Gasteiger partial charge in [0.15, 0.2) is 0 Å². The summed E-state index contributed by atoms with van der Waals surface area (Å²) in [5.41, 5.74) is 0.0779. The minimum absolute atomic E-state index is 0.160. The lowest BCUT2D eigenvalue weighted by Crippen LogP contribution is -2.57. The van der Waals surface area contributed by atoms with Crippen LogP contribution in [-0.4, -0.2) is 51.8 Å². The molecule has 0 saturated carbocycles. The quantitative estimate of drug-likeness (QED) is 0.542. The van der Waals surface area contributed by atoms with Gasteiger partial charge in [0.05, 0.1) is 12.3 Å². The van der Waals surface area contributed by atoms with E-state index in [9.17, 15) is 9.59 Å². The summed E-state index contributed by atoms with van der Waals surface area (Å²) in [5, 5.41) is 0. The van der Waals surface area contributed by atoms with Crippen molar-refractivity contribution >= 4 is 17.9 Å². The molecule has 1 amide bonds. The molecule has 6 heteroatoms. The molecule has 0 N–H and O–H groups in total. The van der Waals surface area contributed by atoms with Gasteiger partial charge in [0.2, 0.25) is 5.60 Å². The standard InChI is InChI=1S/C17H23NO5/c1-17(12-22-3)16(20)18(8-4-5-9-21-2)14-10-13(11-19)6-7-15(14)23-17/h6-7,10-11H,4-5,8-9,12H2,1-3H3. The van der Waals surface area contributed by atoms with E-state index < -0.39 is 5.60 Å². The van der Waals surface area contributed by atoms with Crippen LogP contribution in [0.15, 0.2) is 18.2 Å². The Morgan fingerprint density at radius 1 is 1.26 bits per heavy atom. The Morgan fingerprint density at radius 3 is 2.70 bits per heavy atom. The van der Waals surface area contributed by atoms with Crippen LogP contribution in [0.3, 0.4) is 0 Å². The predicted octanol–water partition coefficient (Wildman–Crippen LogP) is 2.06. The highest BCUT2D eigenvalue weighted by molar-refractivity contribution is 6.03. The van der Waals surface area contributed by atoms with Gasteiger partial charge in [-0.25, -0.2) is 0 Å². The minimum atomic E-state index is -1.06. The Balaban J connectivity index is 2.31. The van der Waals surface area contributed by atoms with Crippen LogP contribution < -0.4 is 9.64 Å². The molecule has 1 unspecified atom stereocenters. The van der Waals surface area contributed by atoms with E-state index in [1.807, 2.05) is 0 Å². The topological polar surface area (TPSA) is 65.1 Å². The van der Waals surface area contributed by atoms with E-state index in [0.717, 1.165) is 19.1 Å². The number of anilines is 1. The summed E-state index contributed by atoms with van der Waals surface area (Å²) in [7, 11) is 3.19. The number of aldehydes is 1. The number of benzene rings is 1. The number of fused-ring (bicyclic) bond motifs is 1. The number of carbonyl (C=O) groups excluding carboxylic acids is 2. The number of hydrogen-bond donors (Lipinski definition) is 0. The lowest BCUT2D eigenvalue weighted by Gasteiger charge is -2.40. The van der Waals surface area contributed by atoms with Crippen molar-refractivity contribution in [2.24, 2.45) is 0 Å². The summed E-state index contributed by atoms with van der Waals surface area (Å²) < 4.78 is 16.1. The molecule has 1 atom stereocenters. The van der Waals surface area contributed by atoms with Crippen molar-refractivity contribution in [3.8, 4) is 5.75 Å². The Kier molecular flexibility index (Phi) is 5.74. The van der Waals surface area contributed by atoms with Gasteiger partial charge in [-0.3, -0.25) is 9.59 Å². The van der Waals surface area contributed by atoms with E-state index in [4.69, 9.17) is 14.2 Å². The monoisotopic (exact) mass is 321 g/mol. The number of amides is 1. The molecule has 0 saturated heterocycles. The summed E-state index contributed by atoms with van der Waals surface area (Å²) in [5.74, 6) is 0.425. The van der Waals surface area contributed by atoms with Crippen LogP contribution >= 0.6 is 0 Å². The second kappa shape index (κ2) is 7.57. The zero-order valence-corrected chi connectivity index (χ0v) is 13.8. The number of hydrogen-bond acceptors (Lipinski definition) is 5. The van der Waals surface area contributed by atoms with Crippen LogP contribution in [0.2, 0.25) is 0 Å². The average Bonchev–Trinajstić information content (AvgIpc) is 2.54. The fourth-order valence-electron chi connectivity index (χ4n) is 2.69. The molecular formula is C17H23NO5. The maximum absolute atomic E-state index is 12.9. The first-order chi connectivity index (χ1) is 11.1. The Morgan fingerprint density at radius 2 is 2.04 bits per heavy atom. The van der Waals surface area contributed by atoms with E-state index in [0.29, 0.717) is 30.2 Å². The highest BCUT2D eigenvalue weighted by Crippen LogP contribution is 2.38. The molecule has 0 radical (unpaired) electrons. The van der Waals surface area contributed by atoms with Gasteiger partial charge in [0.1, 0.15) is 12.0 Å². The van der Waals surface area contributed by atoms with Gasteiger partial charge in [0, 0.05) is 32.9 Å². The molecule has 0 spiro atoms. The van der Waals surface area contributed by atoms with Gasteiger partial charge in [-0.05, 0) is 38.0 Å². The zero-order valence-electron chi connectivity index (χ0n) is 13.8. The van der Waals surface area contributed by atoms with Crippen molar-refractivity contribution in [1.82, 2.24) is 0 Å². The van der Waals surface area contributed by atoms with E-state index in [2.05, 4.69) is 0 Å². The number of methoxy groups -OCH3 is 2. The molecule has 23 heavy (non-hydrogen) atoms. The lowest BCUT2D eigenvalue weighted by molar-refractivity contribution is -0.138. The second-order valence-corrected chi connectivity index (χ2v) is 5.77. The summed E-state index contributed by atoms with van der Waals surface area (Å²) >= 11 is 0. The number of unbranched alkanes of at least 4 members (excludes halogenated alkanes) is 1. The fourth-order valence-corrected chi connectivity index (χ4v) is 2.69. The molecule has 1 aliphatic heterocycles. The number of rotatable bonds is 8. The molecule has 0 bridgehead atoms. The van der Waals surface area contributed by atoms with Crippen molar-refractivity contribution in [2.75, 3.05) is 38.9 Å². The number of ether oxygens (including phenoxy) is 3. The molecule has 1 aromatic carbocycles. The van der Waals surface area contributed by atoms with Crippen LogP contribution in [-0.2, 0) is 14.3 Å². The van der Waals surface area contributed by atoms with Crippen LogP contribution in [0.25, 0.3) is 0 Å². The Hall–Kier alpha value is -1.92. The normalized spacial score (nSPS) is 20.1. The van der Waals surface area contributed by atoms with Crippen LogP contribution in [0.1, 0.15) is 30.1 Å². The van der Waals surface area contributed by atoms with E-state index in [1.165, 1.54) is 7.11 Å². The number of carbonyl (C=O) groups is 2. The van der Waals surface area contributed by atoms with Gasteiger partial charge >= 0.3 is 0 Å². The molecule has 2 rings (SSSR count). The summed E-state index contributed by atoms with van der Waals surface area (Å²) in [6.45, 7) is 3.07. The third-order valence-electron chi connectivity index (χ3n) is 3.84. The largest absolute Gasteiger partial charge is 0.473 e.